The zero-order valence-corrected chi connectivity index (χ0v) is 8.84. The van der Waals surface area contributed by atoms with Gasteiger partial charge >= 0.3 is 0 Å². The molecular formula is C10H13N3O3. The third-order valence-corrected chi connectivity index (χ3v) is 2.10. The molecular weight excluding hydrogens is 210 g/mol. The molecule has 86 valence electrons. The van der Waals surface area contributed by atoms with E-state index in [1.54, 1.807) is 13.0 Å². The standard InChI is InChI=1S/C10H13N3O3/c1-2-9(11)10(14)12-7-4-3-5-8(6-7)13(15)16/h3-6,9H,2,11H2,1H3,(H,12,14)/t9-/m0/s1. The van der Waals surface area contributed by atoms with Crippen molar-refractivity contribution in [1.29, 1.82) is 0 Å². The Morgan fingerprint density at radius 2 is 2.31 bits per heavy atom. The van der Waals surface area contributed by atoms with E-state index in [1.165, 1.54) is 18.2 Å². The van der Waals surface area contributed by atoms with Crippen LogP contribution in [0.15, 0.2) is 24.3 Å². The molecule has 1 amide bonds. The summed E-state index contributed by atoms with van der Waals surface area (Å²) in [6.45, 7) is 1.79. The fraction of sp³-hybridized carbons (Fsp3) is 0.300. The van der Waals surface area contributed by atoms with Crippen LogP contribution in [0, 0.1) is 10.1 Å². The summed E-state index contributed by atoms with van der Waals surface area (Å²) in [5.74, 6) is -0.344. The molecule has 1 aromatic rings. The highest BCUT2D eigenvalue weighted by atomic mass is 16.6. The number of nitrogens with one attached hydrogen (secondary N) is 1. The Balaban J connectivity index is 2.78. The van der Waals surface area contributed by atoms with Crippen molar-refractivity contribution in [2.24, 2.45) is 5.73 Å². The van der Waals surface area contributed by atoms with E-state index in [0.29, 0.717) is 12.1 Å². The van der Waals surface area contributed by atoms with E-state index in [2.05, 4.69) is 5.32 Å². The number of nitro benzene ring substituents is 1. The lowest BCUT2D eigenvalue weighted by Gasteiger charge is -2.09. The zero-order valence-electron chi connectivity index (χ0n) is 8.84. The Kier molecular flexibility index (Phi) is 3.96. The van der Waals surface area contributed by atoms with Crippen LogP contribution >= 0.6 is 0 Å². The number of nitrogens with two attached hydrogens (primary N) is 1. The number of nitrogens with zero attached hydrogens (tertiary/aromatic N) is 1. The molecule has 1 atom stereocenters. The summed E-state index contributed by atoms with van der Waals surface area (Å²) in [6.07, 6.45) is 0.515. The van der Waals surface area contributed by atoms with Gasteiger partial charge in [-0.3, -0.25) is 14.9 Å². The van der Waals surface area contributed by atoms with Crippen molar-refractivity contribution >= 4 is 17.3 Å². The number of non-ortho nitro benzene ring substituents is 1. The van der Waals surface area contributed by atoms with Gasteiger partial charge < -0.3 is 11.1 Å². The molecule has 0 saturated carbocycles. The molecule has 16 heavy (non-hydrogen) atoms. The van der Waals surface area contributed by atoms with Crippen LogP contribution in [0.5, 0.6) is 0 Å². The predicted molar refractivity (Wildman–Crippen MR) is 60.0 cm³/mol. The highest BCUT2D eigenvalue weighted by Crippen LogP contribution is 2.17. The van der Waals surface area contributed by atoms with Gasteiger partial charge in [0.05, 0.1) is 11.0 Å². The third-order valence-electron chi connectivity index (χ3n) is 2.10. The highest BCUT2D eigenvalue weighted by Gasteiger charge is 2.12. The second-order valence-corrected chi connectivity index (χ2v) is 3.31. The Bertz CT molecular complexity index is 406. The van der Waals surface area contributed by atoms with Crippen molar-refractivity contribution in [3.8, 4) is 0 Å². The summed E-state index contributed by atoms with van der Waals surface area (Å²) < 4.78 is 0. The largest absolute Gasteiger partial charge is 0.324 e. The minimum absolute atomic E-state index is 0.0668. The molecule has 1 rings (SSSR count). The number of carbonyl (C=O) groups excluding carboxylic acids is 1. The summed E-state index contributed by atoms with van der Waals surface area (Å²) in [5.41, 5.74) is 5.83. The van der Waals surface area contributed by atoms with E-state index < -0.39 is 11.0 Å². The second-order valence-electron chi connectivity index (χ2n) is 3.31. The van der Waals surface area contributed by atoms with E-state index in [1.807, 2.05) is 0 Å². The molecule has 0 bridgehead atoms. The highest BCUT2D eigenvalue weighted by molar-refractivity contribution is 5.94. The average Bonchev–Trinajstić information content (AvgIpc) is 2.28. The van der Waals surface area contributed by atoms with Crippen LogP contribution in [0.3, 0.4) is 0 Å². The first-order valence-corrected chi connectivity index (χ1v) is 4.85. The van der Waals surface area contributed by atoms with Gasteiger partial charge in [-0.1, -0.05) is 13.0 Å². The number of hydrogen-bond donors (Lipinski definition) is 2. The lowest BCUT2D eigenvalue weighted by Crippen LogP contribution is -2.34. The van der Waals surface area contributed by atoms with Gasteiger partial charge in [0.25, 0.3) is 5.69 Å². The molecule has 0 unspecified atom stereocenters. The number of benzene rings is 1. The maximum atomic E-state index is 11.4. The topological polar surface area (TPSA) is 98.3 Å². The molecule has 0 aromatic heterocycles. The van der Waals surface area contributed by atoms with E-state index in [9.17, 15) is 14.9 Å². The van der Waals surface area contributed by atoms with Gasteiger partial charge in [-0.25, -0.2) is 0 Å². The predicted octanol–water partition coefficient (Wildman–Crippen LogP) is 1.27. The normalized spacial score (nSPS) is 11.9. The molecule has 0 aliphatic rings. The summed E-state index contributed by atoms with van der Waals surface area (Å²) in [7, 11) is 0. The Labute approximate surface area is 92.6 Å². The quantitative estimate of drug-likeness (QED) is 0.593. The molecule has 0 fully saturated rings. The second kappa shape index (κ2) is 5.22. The first-order chi connectivity index (χ1) is 7.54. The number of anilines is 1. The van der Waals surface area contributed by atoms with Gasteiger partial charge in [-0.15, -0.1) is 0 Å². The SMILES string of the molecule is CC[C@H](N)C(=O)Nc1cccc([N+](=O)[O-])c1. The molecule has 1 aromatic carbocycles. The van der Waals surface area contributed by atoms with Gasteiger partial charge in [-0.05, 0) is 12.5 Å². The maximum Gasteiger partial charge on any atom is 0.271 e. The Morgan fingerprint density at radius 3 is 2.88 bits per heavy atom. The molecule has 3 N–H and O–H groups in total. The van der Waals surface area contributed by atoms with Crippen LogP contribution in [-0.4, -0.2) is 16.9 Å². The van der Waals surface area contributed by atoms with Crippen molar-refractivity contribution < 1.29 is 9.72 Å². The Hall–Kier alpha value is -1.95. The number of nitro groups is 1. The first-order valence-electron chi connectivity index (χ1n) is 4.85. The lowest BCUT2D eigenvalue weighted by atomic mass is 10.2. The minimum Gasteiger partial charge on any atom is -0.324 e. The van der Waals surface area contributed by atoms with Crippen LogP contribution in [0.4, 0.5) is 11.4 Å². The minimum atomic E-state index is -0.598. The summed E-state index contributed by atoms with van der Waals surface area (Å²) in [6, 6.07) is 5.13. The summed E-state index contributed by atoms with van der Waals surface area (Å²) in [5, 5.41) is 13.0. The number of amides is 1. The van der Waals surface area contributed by atoms with E-state index in [4.69, 9.17) is 5.73 Å². The molecule has 6 heteroatoms. The molecule has 0 heterocycles. The fourth-order valence-corrected chi connectivity index (χ4v) is 1.12. The molecule has 0 aliphatic carbocycles. The van der Waals surface area contributed by atoms with Gasteiger partial charge in [-0.2, -0.15) is 0 Å². The van der Waals surface area contributed by atoms with E-state index in [0.717, 1.165) is 0 Å². The first kappa shape index (κ1) is 12.1. The monoisotopic (exact) mass is 223 g/mol. The average molecular weight is 223 g/mol. The zero-order chi connectivity index (χ0) is 12.1. The van der Waals surface area contributed by atoms with Crippen molar-refractivity contribution in [2.45, 2.75) is 19.4 Å². The van der Waals surface area contributed by atoms with Gasteiger partial charge in [0.1, 0.15) is 0 Å². The molecule has 0 aliphatic heterocycles. The smallest absolute Gasteiger partial charge is 0.271 e. The number of rotatable bonds is 4. The van der Waals surface area contributed by atoms with E-state index in [-0.39, 0.29) is 11.6 Å². The van der Waals surface area contributed by atoms with Crippen molar-refractivity contribution in [2.75, 3.05) is 5.32 Å². The lowest BCUT2D eigenvalue weighted by molar-refractivity contribution is -0.384. The molecule has 6 nitrogen and oxygen atoms in total. The van der Waals surface area contributed by atoms with Gasteiger partial charge in [0, 0.05) is 17.8 Å². The number of carbonyl (C=O) groups is 1. The molecule has 0 saturated heterocycles. The van der Waals surface area contributed by atoms with Gasteiger partial charge in [0.15, 0.2) is 0 Å². The molecule has 0 spiro atoms. The van der Waals surface area contributed by atoms with Crippen LogP contribution in [0.1, 0.15) is 13.3 Å². The van der Waals surface area contributed by atoms with Crippen molar-refractivity contribution in [1.82, 2.24) is 0 Å². The van der Waals surface area contributed by atoms with Gasteiger partial charge in [0.2, 0.25) is 5.91 Å². The van der Waals surface area contributed by atoms with Crippen LogP contribution in [0.2, 0.25) is 0 Å². The number of hydrogen-bond acceptors (Lipinski definition) is 4. The fourth-order valence-electron chi connectivity index (χ4n) is 1.12. The van der Waals surface area contributed by atoms with Crippen molar-refractivity contribution in [3.63, 3.8) is 0 Å². The Morgan fingerprint density at radius 1 is 1.62 bits per heavy atom. The van der Waals surface area contributed by atoms with Crippen LogP contribution in [0.25, 0.3) is 0 Å². The van der Waals surface area contributed by atoms with Crippen molar-refractivity contribution in [3.05, 3.63) is 34.4 Å². The maximum absolute atomic E-state index is 11.4. The third kappa shape index (κ3) is 3.03. The summed E-state index contributed by atoms with van der Waals surface area (Å²) >= 11 is 0. The molecule has 0 radical (unpaired) electrons. The van der Waals surface area contributed by atoms with E-state index >= 15 is 0 Å². The van der Waals surface area contributed by atoms with Crippen LogP contribution in [-0.2, 0) is 4.79 Å². The van der Waals surface area contributed by atoms with Crippen LogP contribution < -0.4 is 11.1 Å². The summed E-state index contributed by atoms with van der Waals surface area (Å²) in [4.78, 5) is 21.4.